The van der Waals surface area contributed by atoms with E-state index in [0.29, 0.717) is 0 Å². The molecule has 128 valence electrons. The van der Waals surface area contributed by atoms with Crippen molar-refractivity contribution < 1.29 is 4.74 Å². The van der Waals surface area contributed by atoms with Crippen molar-refractivity contribution in [1.82, 2.24) is 25.0 Å². The van der Waals surface area contributed by atoms with Crippen LogP contribution >= 0.6 is 0 Å². The van der Waals surface area contributed by atoms with E-state index in [1.807, 2.05) is 35.3 Å². The molecule has 7 heteroatoms. The van der Waals surface area contributed by atoms with Gasteiger partial charge in [0.15, 0.2) is 5.82 Å². The predicted molar refractivity (Wildman–Crippen MR) is 98.5 cm³/mol. The van der Waals surface area contributed by atoms with E-state index in [1.54, 1.807) is 13.3 Å². The standard InChI is InChI=1S/C18H20N6O/c1-18(2,3)24-10-11(8-20-24)21-17-16-14(9-19-23-16)13-7-12(25-4)5-6-15(13)22-17/h5-10H,1-4H3,(H,19,23)(H,21,22). The van der Waals surface area contributed by atoms with Crippen molar-refractivity contribution in [2.45, 2.75) is 26.3 Å². The fourth-order valence-corrected chi connectivity index (χ4v) is 2.78. The summed E-state index contributed by atoms with van der Waals surface area (Å²) >= 11 is 0. The van der Waals surface area contributed by atoms with Crippen LogP contribution in [0.3, 0.4) is 0 Å². The Morgan fingerprint density at radius 3 is 2.72 bits per heavy atom. The second kappa shape index (κ2) is 5.47. The van der Waals surface area contributed by atoms with Crippen molar-refractivity contribution >= 4 is 33.3 Å². The van der Waals surface area contributed by atoms with Crippen molar-refractivity contribution in [2.75, 3.05) is 12.4 Å². The summed E-state index contributed by atoms with van der Waals surface area (Å²) in [6.45, 7) is 6.33. The average molecular weight is 336 g/mol. The number of benzene rings is 1. The molecule has 0 radical (unpaired) electrons. The van der Waals surface area contributed by atoms with Gasteiger partial charge in [-0.2, -0.15) is 10.2 Å². The highest BCUT2D eigenvalue weighted by atomic mass is 16.5. The molecular formula is C18H20N6O. The van der Waals surface area contributed by atoms with Gasteiger partial charge >= 0.3 is 0 Å². The Kier molecular flexibility index (Phi) is 3.38. The van der Waals surface area contributed by atoms with Crippen LogP contribution in [0, 0.1) is 0 Å². The van der Waals surface area contributed by atoms with Crippen molar-refractivity contribution in [3.05, 3.63) is 36.8 Å². The van der Waals surface area contributed by atoms with E-state index in [2.05, 4.69) is 41.4 Å². The Bertz CT molecular complexity index is 1060. The van der Waals surface area contributed by atoms with Gasteiger partial charge in [0.25, 0.3) is 0 Å². The lowest BCUT2D eigenvalue weighted by Crippen LogP contribution is -2.21. The summed E-state index contributed by atoms with van der Waals surface area (Å²) in [4.78, 5) is 4.74. The molecule has 0 atom stereocenters. The normalized spacial score (nSPS) is 12.0. The Labute approximate surface area is 145 Å². The Morgan fingerprint density at radius 2 is 2.00 bits per heavy atom. The first-order valence-corrected chi connectivity index (χ1v) is 8.09. The molecule has 0 bridgehead atoms. The Balaban J connectivity index is 1.81. The predicted octanol–water partition coefficient (Wildman–Crippen LogP) is 3.81. The average Bonchev–Trinajstić information content (AvgIpc) is 3.23. The van der Waals surface area contributed by atoms with Gasteiger partial charge in [0, 0.05) is 17.0 Å². The minimum Gasteiger partial charge on any atom is -0.497 e. The quantitative estimate of drug-likeness (QED) is 0.594. The zero-order chi connectivity index (χ0) is 17.6. The number of nitrogens with one attached hydrogen (secondary N) is 2. The number of aromatic nitrogens is 5. The summed E-state index contributed by atoms with van der Waals surface area (Å²) in [6.07, 6.45) is 5.58. The number of fused-ring (bicyclic) bond motifs is 3. The van der Waals surface area contributed by atoms with E-state index in [0.717, 1.165) is 39.1 Å². The number of hydrogen-bond acceptors (Lipinski definition) is 5. The van der Waals surface area contributed by atoms with Crippen molar-refractivity contribution in [3.8, 4) is 5.75 Å². The van der Waals surface area contributed by atoms with Gasteiger partial charge in [-0.15, -0.1) is 0 Å². The molecule has 0 amide bonds. The number of ether oxygens (including phenoxy) is 1. The first-order chi connectivity index (χ1) is 12.0. The number of methoxy groups -OCH3 is 1. The third-order valence-electron chi connectivity index (χ3n) is 4.13. The van der Waals surface area contributed by atoms with E-state index < -0.39 is 0 Å². The summed E-state index contributed by atoms with van der Waals surface area (Å²) in [5, 5.41) is 17.0. The highest BCUT2D eigenvalue weighted by molar-refractivity contribution is 6.09. The van der Waals surface area contributed by atoms with Gasteiger partial charge in [-0.05, 0) is 39.0 Å². The van der Waals surface area contributed by atoms with E-state index in [9.17, 15) is 0 Å². The number of H-pyrrole nitrogens is 1. The van der Waals surface area contributed by atoms with Gasteiger partial charge in [-0.25, -0.2) is 4.98 Å². The number of hydrogen-bond donors (Lipinski definition) is 2. The van der Waals surface area contributed by atoms with Gasteiger partial charge < -0.3 is 10.1 Å². The summed E-state index contributed by atoms with van der Waals surface area (Å²) < 4.78 is 7.25. The molecule has 0 aliphatic rings. The summed E-state index contributed by atoms with van der Waals surface area (Å²) in [7, 11) is 1.66. The van der Waals surface area contributed by atoms with Gasteiger partial charge in [0.2, 0.25) is 0 Å². The van der Waals surface area contributed by atoms with Gasteiger partial charge in [0.05, 0.1) is 36.2 Å². The minimum atomic E-state index is -0.0728. The fraction of sp³-hybridized carbons (Fsp3) is 0.278. The number of pyridine rings is 1. The molecule has 4 aromatic rings. The molecule has 7 nitrogen and oxygen atoms in total. The molecule has 0 fully saturated rings. The molecule has 2 N–H and O–H groups in total. The van der Waals surface area contributed by atoms with E-state index in [4.69, 9.17) is 9.72 Å². The lowest BCUT2D eigenvalue weighted by Gasteiger charge is -2.18. The van der Waals surface area contributed by atoms with E-state index in [-0.39, 0.29) is 5.54 Å². The van der Waals surface area contributed by atoms with Crippen LogP contribution in [0.1, 0.15) is 20.8 Å². The molecule has 3 heterocycles. The zero-order valence-electron chi connectivity index (χ0n) is 14.7. The zero-order valence-corrected chi connectivity index (χ0v) is 14.7. The maximum atomic E-state index is 5.32. The number of anilines is 2. The van der Waals surface area contributed by atoms with Crippen LogP contribution in [-0.2, 0) is 5.54 Å². The Hall–Kier alpha value is -3.09. The second-order valence-electron chi connectivity index (χ2n) is 6.97. The van der Waals surface area contributed by atoms with Crippen molar-refractivity contribution in [2.24, 2.45) is 0 Å². The monoisotopic (exact) mass is 336 g/mol. The largest absolute Gasteiger partial charge is 0.497 e. The third-order valence-corrected chi connectivity index (χ3v) is 4.13. The molecule has 4 rings (SSSR count). The highest BCUT2D eigenvalue weighted by Gasteiger charge is 2.16. The molecule has 0 saturated carbocycles. The molecule has 1 aromatic carbocycles. The Morgan fingerprint density at radius 1 is 1.16 bits per heavy atom. The molecule has 0 aliphatic carbocycles. The van der Waals surface area contributed by atoms with Crippen LogP contribution < -0.4 is 10.1 Å². The van der Waals surface area contributed by atoms with Gasteiger partial charge in [0.1, 0.15) is 11.3 Å². The summed E-state index contributed by atoms with van der Waals surface area (Å²) in [5.74, 6) is 1.52. The van der Waals surface area contributed by atoms with E-state index in [1.165, 1.54) is 0 Å². The first-order valence-electron chi connectivity index (χ1n) is 8.09. The van der Waals surface area contributed by atoms with Crippen LogP contribution in [0.15, 0.2) is 36.8 Å². The number of aromatic amines is 1. The molecule has 0 saturated heterocycles. The molecule has 0 aliphatic heterocycles. The van der Waals surface area contributed by atoms with Crippen molar-refractivity contribution in [1.29, 1.82) is 0 Å². The second-order valence-corrected chi connectivity index (χ2v) is 6.97. The molecular weight excluding hydrogens is 316 g/mol. The molecule has 0 unspecified atom stereocenters. The number of rotatable bonds is 3. The van der Waals surface area contributed by atoms with Crippen LogP contribution in [0.5, 0.6) is 5.75 Å². The molecule has 3 aromatic heterocycles. The lowest BCUT2D eigenvalue weighted by molar-refractivity contribution is 0.355. The van der Waals surface area contributed by atoms with Gasteiger partial charge in [-0.3, -0.25) is 9.78 Å². The highest BCUT2D eigenvalue weighted by Crippen LogP contribution is 2.31. The molecule has 25 heavy (non-hydrogen) atoms. The first kappa shape index (κ1) is 15.4. The van der Waals surface area contributed by atoms with Crippen LogP contribution in [0.25, 0.3) is 21.8 Å². The minimum absolute atomic E-state index is 0.0728. The van der Waals surface area contributed by atoms with Crippen LogP contribution in [-0.4, -0.2) is 32.1 Å². The fourth-order valence-electron chi connectivity index (χ4n) is 2.78. The van der Waals surface area contributed by atoms with Crippen LogP contribution in [0.4, 0.5) is 11.5 Å². The van der Waals surface area contributed by atoms with E-state index >= 15 is 0 Å². The third kappa shape index (κ3) is 2.67. The number of nitrogens with zero attached hydrogens (tertiary/aromatic N) is 4. The smallest absolute Gasteiger partial charge is 0.157 e. The summed E-state index contributed by atoms with van der Waals surface area (Å²) in [6, 6.07) is 5.83. The van der Waals surface area contributed by atoms with Crippen LogP contribution in [0.2, 0.25) is 0 Å². The molecule has 0 spiro atoms. The lowest BCUT2D eigenvalue weighted by atomic mass is 10.1. The van der Waals surface area contributed by atoms with Crippen molar-refractivity contribution in [3.63, 3.8) is 0 Å². The summed E-state index contributed by atoms with van der Waals surface area (Å²) in [5.41, 5.74) is 2.53. The topological polar surface area (TPSA) is 80.6 Å². The maximum Gasteiger partial charge on any atom is 0.157 e. The van der Waals surface area contributed by atoms with Gasteiger partial charge in [-0.1, -0.05) is 0 Å². The SMILES string of the molecule is COc1ccc2nc(Nc3cnn(C(C)(C)C)c3)c3[nH]ncc3c2c1. The maximum absolute atomic E-state index is 5.32.